The highest BCUT2D eigenvalue weighted by molar-refractivity contribution is 6.33. The summed E-state index contributed by atoms with van der Waals surface area (Å²) >= 11 is 6.03. The van der Waals surface area contributed by atoms with Crippen LogP contribution in [0.4, 0.5) is 5.69 Å². The Morgan fingerprint density at radius 3 is 2.65 bits per heavy atom. The molecule has 2 aromatic rings. The maximum absolute atomic E-state index is 12.5. The number of rotatable bonds is 7. The zero-order chi connectivity index (χ0) is 22.5. The van der Waals surface area contributed by atoms with Crippen molar-refractivity contribution in [2.45, 2.75) is 19.9 Å². The highest BCUT2D eigenvalue weighted by Gasteiger charge is 2.28. The summed E-state index contributed by atoms with van der Waals surface area (Å²) in [5.41, 5.74) is 0.857. The molecule has 2 aromatic carbocycles. The lowest BCUT2D eigenvalue weighted by Crippen LogP contribution is -2.45. The van der Waals surface area contributed by atoms with Crippen molar-refractivity contribution in [1.82, 2.24) is 5.32 Å². The van der Waals surface area contributed by atoms with Gasteiger partial charge in [0.15, 0.2) is 19.0 Å². The lowest BCUT2D eigenvalue weighted by molar-refractivity contribution is -0.146. The largest absolute Gasteiger partial charge is 0.482 e. The molecule has 3 rings (SSSR count). The van der Waals surface area contributed by atoms with Crippen molar-refractivity contribution < 1.29 is 28.7 Å². The van der Waals surface area contributed by atoms with E-state index in [0.717, 1.165) is 0 Å². The first kappa shape index (κ1) is 22.3. The molecule has 0 bridgehead atoms. The quantitative estimate of drug-likeness (QED) is 0.502. The Kier molecular flexibility index (Phi) is 6.91. The molecule has 162 valence electrons. The van der Waals surface area contributed by atoms with Gasteiger partial charge in [0, 0.05) is 5.56 Å². The van der Waals surface area contributed by atoms with E-state index in [1.807, 2.05) is 0 Å². The minimum atomic E-state index is -0.965. The Balaban J connectivity index is 1.63. The molecule has 0 aliphatic carbocycles. The predicted octanol–water partition coefficient (Wildman–Crippen LogP) is 2.85. The summed E-state index contributed by atoms with van der Waals surface area (Å²) in [4.78, 5) is 48.9. The number of nitrogens with one attached hydrogen (secondary N) is 2. The number of Topliss-reactive ketones (excluding diaryl/α,β-unsaturated/α-hetero) is 1. The Morgan fingerprint density at radius 1 is 1.19 bits per heavy atom. The van der Waals surface area contributed by atoms with Gasteiger partial charge in [-0.3, -0.25) is 14.4 Å². The zero-order valence-electron chi connectivity index (χ0n) is 16.9. The molecule has 8 nitrogen and oxygen atoms in total. The normalized spacial score (nSPS) is 13.5. The first-order valence-corrected chi connectivity index (χ1v) is 9.96. The van der Waals surface area contributed by atoms with E-state index in [-0.39, 0.29) is 34.6 Å². The Hall–Kier alpha value is -3.39. The van der Waals surface area contributed by atoms with Crippen LogP contribution in [-0.4, -0.2) is 42.8 Å². The molecule has 0 saturated carbocycles. The standard InChI is InChI=1S/C22H21ClN2O6/c1-12(2)20(25-21(28)14-5-3-4-6-15(14)23)22(29)31-10-17(26)13-7-8-18-16(9-13)24-19(27)11-30-18/h3-9,12,20H,10-11H2,1-2H3,(H,24,27)(H,25,28)/t20-/m0/s1. The molecule has 0 spiro atoms. The number of fused-ring (bicyclic) bond motifs is 1. The van der Waals surface area contributed by atoms with Gasteiger partial charge in [-0.25, -0.2) is 4.79 Å². The van der Waals surface area contributed by atoms with Gasteiger partial charge >= 0.3 is 5.97 Å². The van der Waals surface area contributed by atoms with Crippen LogP contribution in [-0.2, 0) is 14.3 Å². The van der Waals surface area contributed by atoms with E-state index in [0.29, 0.717) is 11.4 Å². The van der Waals surface area contributed by atoms with Crippen LogP contribution in [0.15, 0.2) is 42.5 Å². The summed E-state index contributed by atoms with van der Waals surface area (Å²) in [5.74, 6) is -1.87. The lowest BCUT2D eigenvalue weighted by Gasteiger charge is -2.21. The van der Waals surface area contributed by atoms with Gasteiger partial charge in [0.1, 0.15) is 11.8 Å². The smallest absolute Gasteiger partial charge is 0.329 e. The average molecular weight is 445 g/mol. The number of amides is 2. The van der Waals surface area contributed by atoms with Crippen LogP contribution in [0.3, 0.4) is 0 Å². The second-order valence-corrected chi connectivity index (χ2v) is 7.66. The van der Waals surface area contributed by atoms with Crippen LogP contribution in [0, 0.1) is 5.92 Å². The molecule has 9 heteroatoms. The highest BCUT2D eigenvalue weighted by atomic mass is 35.5. The summed E-state index contributed by atoms with van der Waals surface area (Å²) < 4.78 is 10.4. The van der Waals surface area contributed by atoms with Gasteiger partial charge in [-0.05, 0) is 36.2 Å². The molecule has 0 unspecified atom stereocenters. The third-order valence-electron chi connectivity index (χ3n) is 4.61. The zero-order valence-corrected chi connectivity index (χ0v) is 17.7. The van der Waals surface area contributed by atoms with Crippen molar-refractivity contribution in [1.29, 1.82) is 0 Å². The van der Waals surface area contributed by atoms with Crippen molar-refractivity contribution in [3.05, 3.63) is 58.6 Å². The van der Waals surface area contributed by atoms with Crippen molar-refractivity contribution in [3.63, 3.8) is 0 Å². The highest BCUT2D eigenvalue weighted by Crippen LogP contribution is 2.28. The number of esters is 1. The number of hydrogen-bond acceptors (Lipinski definition) is 6. The molecule has 0 radical (unpaired) electrons. The van der Waals surface area contributed by atoms with Gasteiger partial charge in [-0.15, -0.1) is 0 Å². The number of anilines is 1. The van der Waals surface area contributed by atoms with E-state index in [4.69, 9.17) is 21.1 Å². The third-order valence-corrected chi connectivity index (χ3v) is 4.94. The summed E-state index contributed by atoms with van der Waals surface area (Å²) in [5, 5.41) is 5.48. The van der Waals surface area contributed by atoms with E-state index in [1.165, 1.54) is 12.1 Å². The summed E-state index contributed by atoms with van der Waals surface area (Å²) in [7, 11) is 0. The van der Waals surface area contributed by atoms with Crippen molar-refractivity contribution in [2.75, 3.05) is 18.5 Å². The fourth-order valence-corrected chi connectivity index (χ4v) is 3.15. The molecule has 2 N–H and O–H groups in total. The van der Waals surface area contributed by atoms with Crippen molar-refractivity contribution in [3.8, 4) is 5.75 Å². The molecular formula is C22H21ClN2O6. The number of carbonyl (C=O) groups excluding carboxylic acids is 4. The number of ketones is 1. The molecule has 1 aliphatic heterocycles. The van der Waals surface area contributed by atoms with Crippen LogP contribution >= 0.6 is 11.6 Å². The second kappa shape index (κ2) is 9.61. The van der Waals surface area contributed by atoms with E-state index < -0.39 is 30.3 Å². The molecule has 0 saturated heterocycles. The predicted molar refractivity (Wildman–Crippen MR) is 113 cm³/mol. The first-order chi connectivity index (χ1) is 14.8. The molecule has 2 amide bonds. The van der Waals surface area contributed by atoms with Gasteiger partial charge in [-0.1, -0.05) is 37.6 Å². The minimum Gasteiger partial charge on any atom is -0.482 e. The van der Waals surface area contributed by atoms with Crippen LogP contribution < -0.4 is 15.4 Å². The van der Waals surface area contributed by atoms with Gasteiger partial charge in [0.25, 0.3) is 11.8 Å². The number of halogens is 1. The summed E-state index contributed by atoms with van der Waals surface area (Å²) in [6.45, 7) is 2.88. The molecule has 1 atom stereocenters. The molecule has 1 heterocycles. The average Bonchev–Trinajstić information content (AvgIpc) is 2.74. The molecule has 1 aliphatic rings. The van der Waals surface area contributed by atoms with Gasteiger partial charge < -0.3 is 20.1 Å². The van der Waals surface area contributed by atoms with E-state index >= 15 is 0 Å². The molecular weight excluding hydrogens is 424 g/mol. The van der Waals surface area contributed by atoms with Crippen LogP contribution in [0.2, 0.25) is 5.02 Å². The SMILES string of the molecule is CC(C)[C@H](NC(=O)c1ccccc1Cl)C(=O)OCC(=O)c1ccc2c(c1)NC(=O)CO2. The van der Waals surface area contributed by atoms with E-state index in [2.05, 4.69) is 10.6 Å². The van der Waals surface area contributed by atoms with Gasteiger partial charge in [0.05, 0.1) is 16.3 Å². The number of ether oxygens (including phenoxy) is 2. The fourth-order valence-electron chi connectivity index (χ4n) is 2.93. The van der Waals surface area contributed by atoms with Gasteiger partial charge in [-0.2, -0.15) is 0 Å². The summed E-state index contributed by atoms with van der Waals surface area (Å²) in [6.07, 6.45) is 0. The van der Waals surface area contributed by atoms with Crippen molar-refractivity contribution >= 4 is 40.9 Å². The van der Waals surface area contributed by atoms with Crippen LogP contribution in [0.1, 0.15) is 34.6 Å². The van der Waals surface area contributed by atoms with Crippen molar-refractivity contribution in [2.24, 2.45) is 5.92 Å². The Labute approximate surface area is 183 Å². The number of carbonyl (C=O) groups is 4. The second-order valence-electron chi connectivity index (χ2n) is 7.25. The number of benzene rings is 2. The lowest BCUT2D eigenvalue weighted by atomic mass is 10.0. The monoisotopic (exact) mass is 444 g/mol. The number of hydrogen-bond donors (Lipinski definition) is 2. The topological polar surface area (TPSA) is 111 Å². The first-order valence-electron chi connectivity index (χ1n) is 9.58. The van der Waals surface area contributed by atoms with E-state index in [1.54, 1.807) is 44.2 Å². The molecule has 0 aromatic heterocycles. The summed E-state index contributed by atoms with van der Waals surface area (Å²) in [6, 6.07) is 10.0. The van der Waals surface area contributed by atoms with Crippen LogP contribution in [0.5, 0.6) is 5.75 Å². The maximum atomic E-state index is 12.5. The van der Waals surface area contributed by atoms with Gasteiger partial charge in [0.2, 0.25) is 0 Å². The molecule has 31 heavy (non-hydrogen) atoms. The maximum Gasteiger partial charge on any atom is 0.329 e. The van der Waals surface area contributed by atoms with Crippen LogP contribution in [0.25, 0.3) is 0 Å². The Bertz CT molecular complexity index is 1040. The minimum absolute atomic E-state index is 0.0889. The molecule has 0 fully saturated rings. The fraction of sp³-hybridized carbons (Fsp3) is 0.273. The Morgan fingerprint density at radius 2 is 1.94 bits per heavy atom. The van der Waals surface area contributed by atoms with E-state index in [9.17, 15) is 19.2 Å². The third kappa shape index (κ3) is 5.40.